The molecule has 0 saturated heterocycles. The lowest BCUT2D eigenvalue weighted by atomic mass is 10.2. The highest BCUT2D eigenvalue weighted by molar-refractivity contribution is 7.90. The normalized spacial score (nSPS) is 11.3. The zero-order valence-electron chi connectivity index (χ0n) is 9.31. The molecule has 0 atom stereocenters. The lowest BCUT2D eigenvalue weighted by molar-refractivity contribution is -0.385. The molecule has 0 radical (unpaired) electrons. The number of sulfone groups is 1. The highest BCUT2D eigenvalue weighted by atomic mass is 32.2. The van der Waals surface area contributed by atoms with Gasteiger partial charge in [0.1, 0.15) is 15.5 Å². The van der Waals surface area contributed by atoms with Crippen molar-refractivity contribution in [1.29, 1.82) is 0 Å². The Morgan fingerprint density at radius 1 is 1.33 bits per heavy atom. The number of hydrogen-bond donors (Lipinski definition) is 1. The van der Waals surface area contributed by atoms with E-state index in [0.717, 1.165) is 6.26 Å². The number of nitro groups is 1. The van der Waals surface area contributed by atoms with Crippen LogP contribution in [0.3, 0.4) is 0 Å². The number of benzene rings is 1. The molecule has 0 saturated carbocycles. The van der Waals surface area contributed by atoms with Crippen LogP contribution < -0.4 is 5.32 Å². The Bertz CT molecular complexity index is 551. The van der Waals surface area contributed by atoms with Gasteiger partial charge in [-0.1, -0.05) is 0 Å². The van der Waals surface area contributed by atoms with Gasteiger partial charge in [0.2, 0.25) is 0 Å². The maximum Gasteiger partial charge on any atom is 0.275 e. The maximum atomic E-state index is 13.3. The summed E-state index contributed by atoms with van der Waals surface area (Å²) < 4.78 is 48.3. The van der Waals surface area contributed by atoms with Gasteiger partial charge in [-0.3, -0.25) is 10.1 Å². The first kappa shape index (κ1) is 14.3. The van der Waals surface area contributed by atoms with Crippen LogP contribution in [0, 0.1) is 21.7 Å². The summed E-state index contributed by atoms with van der Waals surface area (Å²) in [6.07, 6.45) is 0.983. The van der Waals surface area contributed by atoms with Gasteiger partial charge in [-0.15, -0.1) is 0 Å². The van der Waals surface area contributed by atoms with E-state index in [9.17, 15) is 27.3 Å². The Morgan fingerprint density at radius 3 is 2.22 bits per heavy atom. The molecule has 0 aliphatic heterocycles. The average Bonchev–Trinajstić information content (AvgIpc) is 2.20. The Hall–Kier alpha value is -1.77. The lowest BCUT2D eigenvalue weighted by Gasteiger charge is -2.07. The van der Waals surface area contributed by atoms with Crippen molar-refractivity contribution in [2.75, 3.05) is 23.9 Å². The van der Waals surface area contributed by atoms with E-state index in [2.05, 4.69) is 5.32 Å². The molecule has 0 heterocycles. The van der Waals surface area contributed by atoms with Crippen molar-refractivity contribution in [3.05, 3.63) is 33.9 Å². The summed E-state index contributed by atoms with van der Waals surface area (Å²) in [5, 5.41) is 12.6. The van der Waals surface area contributed by atoms with Gasteiger partial charge in [0.15, 0.2) is 11.6 Å². The number of halogens is 2. The first-order valence-electron chi connectivity index (χ1n) is 4.76. The van der Waals surface area contributed by atoms with Crippen molar-refractivity contribution in [3.63, 3.8) is 0 Å². The Balaban J connectivity index is 2.87. The molecular weight excluding hydrogens is 270 g/mol. The van der Waals surface area contributed by atoms with Crippen molar-refractivity contribution >= 4 is 21.2 Å². The Morgan fingerprint density at radius 2 is 1.83 bits per heavy atom. The molecule has 0 aliphatic carbocycles. The van der Waals surface area contributed by atoms with Crippen molar-refractivity contribution in [1.82, 2.24) is 0 Å². The van der Waals surface area contributed by atoms with Gasteiger partial charge in [0, 0.05) is 12.8 Å². The largest absolute Gasteiger partial charge is 0.379 e. The van der Waals surface area contributed by atoms with Gasteiger partial charge in [-0.25, -0.2) is 17.2 Å². The standard InChI is InChI=1S/C9H10F2N2O4S/c1-18(16,17)3-2-12-9-7(10)4-6(13(14)15)5-8(9)11/h4-5,12H,2-3H2,1H3. The van der Waals surface area contributed by atoms with Crippen molar-refractivity contribution < 1.29 is 22.1 Å². The molecule has 0 aliphatic rings. The summed E-state index contributed by atoms with van der Waals surface area (Å²) >= 11 is 0. The first-order valence-corrected chi connectivity index (χ1v) is 6.82. The SMILES string of the molecule is CS(=O)(=O)CCNc1c(F)cc([N+](=O)[O-])cc1F. The molecule has 0 fully saturated rings. The lowest BCUT2D eigenvalue weighted by Crippen LogP contribution is -2.15. The van der Waals surface area contributed by atoms with Crippen molar-refractivity contribution in [3.8, 4) is 0 Å². The zero-order valence-corrected chi connectivity index (χ0v) is 10.1. The summed E-state index contributed by atoms with van der Waals surface area (Å²) in [7, 11) is -3.26. The van der Waals surface area contributed by atoms with Gasteiger partial charge < -0.3 is 5.32 Å². The quantitative estimate of drug-likeness (QED) is 0.649. The van der Waals surface area contributed by atoms with Gasteiger partial charge in [-0.2, -0.15) is 0 Å². The molecule has 1 N–H and O–H groups in total. The third kappa shape index (κ3) is 3.91. The fourth-order valence-electron chi connectivity index (χ4n) is 1.20. The molecular formula is C9H10F2N2O4S. The van der Waals surface area contributed by atoms with Crippen LogP contribution in [0.4, 0.5) is 20.2 Å². The molecule has 1 aromatic carbocycles. The third-order valence-corrected chi connectivity index (χ3v) is 2.96. The topological polar surface area (TPSA) is 89.3 Å². The number of nitro benzene ring substituents is 1. The second kappa shape index (κ2) is 5.25. The van der Waals surface area contributed by atoms with Crippen LogP contribution in [-0.2, 0) is 9.84 Å². The number of hydrogen-bond acceptors (Lipinski definition) is 5. The predicted molar refractivity (Wildman–Crippen MR) is 61.2 cm³/mol. The molecule has 0 amide bonds. The van der Waals surface area contributed by atoms with Gasteiger partial charge in [-0.05, 0) is 0 Å². The maximum absolute atomic E-state index is 13.3. The molecule has 1 rings (SSSR count). The predicted octanol–water partition coefficient (Wildman–Crippen LogP) is 1.33. The average molecular weight is 280 g/mol. The minimum Gasteiger partial charge on any atom is -0.379 e. The first-order chi connectivity index (χ1) is 8.20. The number of nitrogens with one attached hydrogen (secondary N) is 1. The number of nitrogens with zero attached hydrogens (tertiary/aromatic N) is 1. The smallest absolute Gasteiger partial charge is 0.275 e. The minimum absolute atomic E-state index is 0.190. The number of anilines is 1. The van der Waals surface area contributed by atoms with E-state index in [4.69, 9.17) is 0 Å². The van der Waals surface area contributed by atoms with Crippen LogP contribution in [0.25, 0.3) is 0 Å². The van der Waals surface area contributed by atoms with E-state index in [1.807, 2.05) is 0 Å². The highest BCUT2D eigenvalue weighted by Gasteiger charge is 2.17. The number of rotatable bonds is 5. The van der Waals surface area contributed by atoms with E-state index in [1.54, 1.807) is 0 Å². The molecule has 6 nitrogen and oxygen atoms in total. The molecule has 1 aromatic rings. The molecule has 0 bridgehead atoms. The van der Waals surface area contributed by atoms with Crippen LogP contribution in [0.2, 0.25) is 0 Å². The Kier molecular flexibility index (Phi) is 4.17. The van der Waals surface area contributed by atoms with Crippen molar-refractivity contribution in [2.24, 2.45) is 0 Å². The highest BCUT2D eigenvalue weighted by Crippen LogP contribution is 2.24. The molecule has 0 aromatic heterocycles. The molecule has 18 heavy (non-hydrogen) atoms. The van der Waals surface area contributed by atoms with E-state index in [1.165, 1.54) is 0 Å². The molecule has 100 valence electrons. The van der Waals surface area contributed by atoms with Gasteiger partial charge in [0.05, 0.1) is 22.8 Å². The molecule has 0 spiro atoms. The van der Waals surface area contributed by atoms with Crippen LogP contribution in [0.1, 0.15) is 0 Å². The Labute approximate surface area is 102 Å². The van der Waals surface area contributed by atoms with Crippen LogP contribution in [0.15, 0.2) is 12.1 Å². The van der Waals surface area contributed by atoms with Crippen LogP contribution in [-0.4, -0.2) is 31.9 Å². The molecule has 0 unspecified atom stereocenters. The third-order valence-electron chi connectivity index (χ3n) is 2.01. The van der Waals surface area contributed by atoms with E-state index >= 15 is 0 Å². The summed E-state index contributed by atoms with van der Waals surface area (Å²) in [5.74, 6) is -2.59. The fourth-order valence-corrected chi connectivity index (χ4v) is 1.67. The minimum atomic E-state index is -3.26. The summed E-state index contributed by atoms with van der Waals surface area (Å²) in [6, 6.07) is 1.12. The second-order valence-corrected chi connectivity index (χ2v) is 5.86. The molecule has 9 heteroatoms. The van der Waals surface area contributed by atoms with Gasteiger partial charge in [0.25, 0.3) is 5.69 Å². The zero-order chi connectivity index (χ0) is 13.9. The second-order valence-electron chi connectivity index (χ2n) is 3.60. The van der Waals surface area contributed by atoms with Gasteiger partial charge >= 0.3 is 0 Å². The van der Waals surface area contributed by atoms with Crippen LogP contribution >= 0.6 is 0 Å². The summed E-state index contributed by atoms with van der Waals surface area (Å²) in [6.45, 7) is -0.190. The van der Waals surface area contributed by atoms with E-state index < -0.39 is 37.8 Å². The van der Waals surface area contributed by atoms with E-state index in [-0.39, 0.29) is 12.3 Å². The summed E-state index contributed by atoms with van der Waals surface area (Å²) in [5.41, 5.74) is -1.29. The fraction of sp³-hybridized carbons (Fsp3) is 0.333. The number of non-ortho nitro benzene ring substituents is 1. The monoisotopic (exact) mass is 280 g/mol. The van der Waals surface area contributed by atoms with Crippen molar-refractivity contribution in [2.45, 2.75) is 0 Å². The van der Waals surface area contributed by atoms with Crippen LogP contribution in [0.5, 0.6) is 0 Å². The van der Waals surface area contributed by atoms with E-state index in [0.29, 0.717) is 12.1 Å². The summed E-state index contributed by atoms with van der Waals surface area (Å²) in [4.78, 5) is 9.41.